The number of cyclic esters (lactones) is 2. The molecule has 1 fully saturated rings. The Balaban J connectivity index is 0. The van der Waals surface area contributed by atoms with Gasteiger partial charge < -0.3 is 30.6 Å². The maximum atomic E-state index is 11.6. The van der Waals surface area contributed by atoms with Gasteiger partial charge >= 0.3 is 37.2 Å². The summed E-state index contributed by atoms with van der Waals surface area (Å²) in [5, 5.41) is 0. The van der Waals surface area contributed by atoms with Gasteiger partial charge in [0.15, 0.2) is 6.61 Å². The van der Waals surface area contributed by atoms with Crippen molar-refractivity contribution < 1.29 is 39.8 Å². The number of rotatable bonds is 0. The van der Waals surface area contributed by atoms with E-state index in [0.717, 1.165) is 0 Å². The summed E-state index contributed by atoms with van der Waals surface area (Å²) >= 11 is -9.28. The van der Waals surface area contributed by atoms with E-state index in [1.54, 1.807) is 0 Å². The van der Waals surface area contributed by atoms with Crippen molar-refractivity contribution in [3.63, 3.8) is 0 Å². The molecule has 1 heterocycles. The van der Waals surface area contributed by atoms with Crippen LogP contribution >= 0.6 is 0 Å². The Labute approximate surface area is 90.4 Å². The SMILES string of the molecule is O=C1OCC(F)O1.[F][Al]([F])[F].[F][Al]([F])[F]. The van der Waals surface area contributed by atoms with Crippen molar-refractivity contribution in [1.29, 1.82) is 0 Å². The molecule has 1 unspecified atom stereocenters. The van der Waals surface area contributed by atoms with Gasteiger partial charge in [-0.2, -0.15) is 4.39 Å². The van der Waals surface area contributed by atoms with Crippen molar-refractivity contribution in [2.75, 3.05) is 6.61 Å². The molecule has 1 aliphatic rings. The average Bonchev–Trinajstić information content (AvgIpc) is 2.31. The molecule has 0 radical (unpaired) electrons. The number of ether oxygens (including phenoxy) is 2. The summed E-state index contributed by atoms with van der Waals surface area (Å²) in [6, 6.07) is 0. The van der Waals surface area contributed by atoms with Gasteiger partial charge in [0, 0.05) is 0 Å². The first kappa shape index (κ1) is 17.2. The molecule has 0 saturated carbocycles. The molecule has 0 spiro atoms. The van der Waals surface area contributed by atoms with Gasteiger partial charge in [-0.3, -0.25) is 0 Å². The highest BCUT2D eigenvalue weighted by Crippen LogP contribution is 2.05. The lowest BCUT2D eigenvalue weighted by molar-refractivity contribution is 0.0572. The zero-order chi connectivity index (χ0) is 12.4. The Morgan fingerprint density at radius 3 is 1.47 bits per heavy atom. The van der Waals surface area contributed by atoms with Gasteiger partial charge in [0.1, 0.15) is 0 Å². The van der Waals surface area contributed by atoms with E-state index in [1.165, 1.54) is 0 Å². The number of carbonyl (C=O) groups excluding carboxylic acids is 1. The van der Waals surface area contributed by atoms with Crippen LogP contribution in [0.5, 0.6) is 0 Å². The fraction of sp³-hybridized carbons (Fsp3) is 0.667. The van der Waals surface area contributed by atoms with Gasteiger partial charge in [0.05, 0.1) is 0 Å². The molecule has 15 heavy (non-hydrogen) atoms. The third-order valence-electron chi connectivity index (χ3n) is 0.556. The second kappa shape index (κ2) is 10.4. The molecule has 1 saturated heterocycles. The Morgan fingerprint density at radius 1 is 1.07 bits per heavy atom. The molecule has 0 aromatic heterocycles. The smallest absolute Gasteiger partial charge is 0.427 e. The van der Waals surface area contributed by atoms with E-state index in [-0.39, 0.29) is 6.61 Å². The molecule has 0 bridgehead atoms. The molecular formula is C3H3Al2F7O3. The van der Waals surface area contributed by atoms with E-state index in [2.05, 4.69) is 9.47 Å². The van der Waals surface area contributed by atoms with Crippen LogP contribution in [0.2, 0.25) is 0 Å². The van der Waals surface area contributed by atoms with Crippen molar-refractivity contribution in [2.24, 2.45) is 0 Å². The Morgan fingerprint density at radius 2 is 1.40 bits per heavy atom. The topological polar surface area (TPSA) is 35.5 Å². The molecule has 1 aliphatic heterocycles. The van der Waals surface area contributed by atoms with Crippen LogP contribution in [0, 0.1) is 0 Å². The predicted molar refractivity (Wildman–Crippen MR) is 35.5 cm³/mol. The molecule has 0 aromatic carbocycles. The first-order valence-corrected chi connectivity index (χ1v) is 5.69. The molecule has 0 aliphatic carbocycles. The normalized spacial score (nSPS) is 17.3. The van der Waals surface area contributed by atoms with Crippen molar-refractivity contribution in [2.45, 2.75) is 6.36 Å². The van der Waals surface area contributed by atoms with Gasteiger partial charge in [-0.15, -0.1) is 0 Å². The second-order valence-electron chi connectivity index (χ2n) is 1.58. The lowest BCUT2D eigenvalue weighted by Crippen LogP contribution is -1.98. The maximum absolute atomic E-state index is 11.6. The minimum Gasteiger partial charge on any atom is -0.427 e. The minimum atomic E-state index is -4.64. The first-order chi connectivity index (χ1) is 6.75. The number of halogens is 7. The van der Waals surface area contributed by atoms with E-state index in [0.29, 0.717) is 0 Å². The van der Waals surface area contributed by atoms with E-state index in [4.69, 9.17) is 0 Å². The van der Waals surface area contributed by atoms with E-state index >= 15 is 0 Å². The summed E-state index contributed by atoms with van der Waals surface area (Å²) < 4.78 is 78.3. The van der Waals surface area contributed by atoms with Crippen LogP contribution in [-0.2, 0) is 9.47 Å². The monoisotopic (exact) mass is 274 g/mol. The zero-order valence-electron chi connectivity index (χ0n) is 6.81. The van der Waals surface area contributed by atoms with Gasteiger partial charge in [-0.25, -0.2) is 4.79 Å². The molecule has 3 nitrogen and oxygen atoms in total. The highest BCUT2D eigenvalue weighted by molar-refractivity contribution is 6.33. The predicted octanol–water partition coefficient (Wildman–Crippen LogP) is 2.21. The zero-order valence-corrected chi connectivity index (χ0v) is 9.12. The van der Waals surface area contributed by atoms with Crippen LogP contribution < -0.4 is 0 Å². The fourth-order valence-electron chi connectivity index (χ4n) is 0.306. The summed E-state index contributed by atoms with van der Waals surface area (Å²) in [5.74, 6) is 0. The average molecular weight is 274 g/mol. The number of hydrogen-bond acceptors (Lipinski definition) is 3. The fourth-order valence-corrected chi connectivity index (χ4v) is 0.306. The van der Waals surface area contributed by atoms with Gasteiger partial charge in [0.2, 0.25) is 0 Å². The number of hydrogen-bond donors (Lipinski definition) is 0. The Hall–Kier alpha value is -0.155. The van der Waals surface area contributed by atoms with Gasteiger partial charge in [-0.05, 0) is 0 Å². The van der Waals surface area contributed by atoms with Crippen LogP contribution in [0.4, 0.5) is 30.3 Å². The molecular weight excluding hydrogens is 271 g/mol. The first-order valence-electron chi connectivity index (χ1n) is 3.07. The van der Waals surface area contributed by atoms with Crippen molar-refractivity contribution in [3.8, 4) is 0 Å². The summed E-state index contributed by atoms with van der Waals surface area (Å²) in [6.07, 6.45) is -2.47. The lowest BCUT2D eigenvalue weighted by Gasteiger charge is -1.85. The van der Waals surface area contributed by atoms with Gasteiger partial charge in [0.25, 0.3) is 6.36 Å². The Bertz CT molecular complexity index is 158. The van der Waals surface area contributed by atoms with Crippen molar-refractivity contribution in [3.05, 3.63) is 0 Å². The van der Waals surface area contributed by atoms with E-state index < -0.39 is 43.6 Å². The summed E-state index contributed by atoms with van der Waals surface area (Å²) in [5.41, 5.74) is 0. The molecule has 0 aromatic rings. The van der Waals surface area contributed by atoms with Crippen molar-refractivity contribution >= 4 is 37.2 Å². The summed E-state index contributed by atoms with van der Waals surface area (Å²) in [7, 11) is 0. The van der Waals surface area contributed by atoms with E-state index in [9.17, 15) is 30.3 Å². The maximum Gasteiger partial charge on any atom is 1.04 e. The number of carbonyl (C=O) groups is 1. The molecule has 0 amide bonds. The largest absolute Gasteiger partial charge is 1.04 e. The second-order valence-corrected chi connectivity index (χ2v) is 2.57. The number of alkyl halides is 1. The van der Waals surface area contributed by atoms with Crippen molar-refractivity contribution in [1.82, 2.24) is 0 Å². The molecule has 88 valence electrons. The molecule has 0 N–H and O–H groups in total. The molecule has 12 heteroatoms. The summed E-state index contributed by atoms with van der Waals surface area (Å²) in [4.78, 5) is 9.77. The Kier molecular flexibility index (Phi) is 11.9. The summed E-state index contributed by atoms with van der Waals surface area (Å²) in [6.45, 7) is -0.265. The van der Waals surface area contributed by atoms with Crippen LogP contribution in [-0.4, -0.2) is 50.2 Å². The van der Waals surface area contributed by atoms with E-state index in [1.807, 2.05) is 0 Å². The van der Waals surface area contributed by atoms with Gasteiger partial charge in [-0.1, -0.05) is 0 Å². The van der Waals surface area contributed by atoms with Crippen LogP contribution in [0.1, 0.15) is 0 Å². The standard InChI is InChI=1S/C3H3FO3.2Al.6FH/c4-2-1-6-3(5)7-2;;;;;;;;/h2H,1H2;;;6*1H/q;2*+3;;;;;;/p-6. The third-order valence-corrected chi connectivity index (χ3v) is 0.556. The van der Waals surface area contributed by atoms with Crippen LogP contribution in [0.3, 0.4) is 0 Å². The molecule has 1 rings (SSSR count). The minimum absolute atomic E-state index is 0.265. The van der Waals surface area contributed by atoms with Crippen LogP contribution in [0.25, 0.3) is 0 Å². The van der Waals surface area contributed by atoms with Crippen LogP contribution in [0.15, 0.2) is 0 Å². The lowest BCUT2D eigenvalue weighted by atomic mass is 10.8. The quantitative estimate of drug-likeness (QED) is 0.386. The highest BCUT2D eigenvalue weighted by atomic mass is 27.3. The highest BCUT2D eigenvalue weighted by Gasteiger charge is 2.23. The third kappa shape index (κ3) is 24.8. The molecule has 1 atom stereocenters.